The zero-order valence-corrected chi connectivity index (χ0v) is 10.9. The van der Waals surface area contributed by atoms with Crippen molar-refractivity contribution < 1.29 is 9.90 Å². The molecule has 0 amide bonds. The van der Waals surface area contributed by atoms with E-state index in [4.69, 9.17) is 11.6 Å². The summed E-state index contributed by atoms with van der Waals surface area (Å²) in [4.78, 5) is 11.2. The van der Waals surface area contributed by atoms with E-state index in [1.54, 1.807) is 6.20 Å². The quantitative estimate of drug-likeness (QED) is 0.829. The van der Waals surface area contributed by atoms with Crippen LogP contribution < -0.4 is 0 Å². The number of hydrogen-bond donors (Lipinski definition) is 1. The molecule has 18 heavy (non-hydrogen) atoms. The molecule has 2 aromatic rings. The number of alkyl halides is 1. The minimum absolute atomic E-state index is 0.437. The lowest BCUT2D eigenvalue weighted by atomic mass is 9.97. The van der Waals surface area contributed by atoms with Crippen LogP contribution in [0.2, 0.25) is 0 Å². The van der Waals surface area contributed by atoms with E-state index in [1.165, 1.54) is 23.0 Å². The highest BCUT2D eigenvalue weighted by molar-refractivity contribution is 6.18. The zero-order chi connectivity index (χ0) is 12.9. The molecular formula is C14H14ClNO2. The number of nitrogens with zero attached hydrogens (tertiary/aromatic N) is 1. The normalized spacial score (nSPS) is 15.2. The van der Waals surface area contributed by atoms with Gasteiger partial charge in [-0.15, -0.1) is 11.6 Å². The van der Waals surface area contributed by atoms with E-state index in [0.29, 0.717) is 11.8 Å². The first-order valence-corrected chi connectivity index (χ1v) is 6.59. The average Bonchev–Trinajstić information content (AvgIpc) is 3.07. The molecule has 1 heterocycles. The summed E-state index contributed by atoms with van der Waals surface area (Å²) in [5, 5.41) is 10.2. The lowest BCUT2D eigenvalue weighted by Gasteiger charge is -2.11. The highest BCUT2D eigenvalue weighted by Gasteiger charge is 2.28. The molecule has 4 heteroatoms. The molecule has 1 fully saturated rings. The van der Waals surface area contributed by atoms with Crippen LogP contribution in [0.15, 0.2) is 18.3 Å². The predicted molar refractivity (Wildman–Crippen MR) is 71.6 cm³/mol. The largest absolute Gasteiger partial charge is 0.464 e. The maximum Gasteiger partial charge on any atom is 0.416 e. The van der Waals surface area contributed by atoms with Crippen molar-refractivity contribution in [1.82, 2.24) is 4.57 Å². The van der Waals surface area contributed by atoms with Gasteiger partial charge in [-0.1, -0.05) is 6.07 Å². The van der Waals surface area contributed by atoms with Gasteiger partial charge >= 0.3 is 6.09 Å². The van der Waals surface area contributed by atoms with E-state index in [1.807, 2.05) is 13.0 Å². The van der Waals surface area contributed by atoms with Crippen LogP contribution in [0.25, 0.3) is 10.9 Å². The Bertz CT molecular complexity index is 641. The van der Waals surface area contributed by atoms with Crippen LogP contribution in [0.5, 0.6) is 0 Å². The number of hydrogen-bond acceptors (Lipinski definition) is 1. The maximum atomic E-state index is 11.2. The third-order valence-electron chi connectivity index (χ3n) is 3.66. The standard InChI is InChI=1S/C14H14ClNO2/c1-8-6-11(9-2-3-9)12(7-15)10-4-5-16(13(8)10)14(17)18/h4-6,9H,2-3,7H2,1H3,(H,17,18). The zero-order valence-electron chi connectivity index (χ0n) is 10.1. The molecule has 0 bridgehead atoms. The Labute approximate surface area is 110 Å². The Morgan fingerprint density at radius 1 is 1.56 bits per heavy atom. The van der Waals surface area contributed by atoms with Crippen molar-refractivity contribution in [2.75, 3.05) is 0 Å². The van der Waals surface area contributed by atoms with Crippen molar-refractivity contribution in [2.24, 2.45) is 0 Å². The van der Waals surface area contributed by atoms with Crippen molar-refractivity contribution >= 4 is 28.6 Å². The molecule has 0 spiro atoms. The molecule has 94 valence electrons. The number of fused-ring (bicyclic) bond motifs is 1. The molecule has 0 aliphatic heterocycles. The van der Waals surface area contributed by atoms with Gasteiger partial charge in [0, 0.05) is 17.5 Å². The fourth-order valence-corrected chi connectivity index (χ4v) is 2.99. The van der Waals surface area contributed by atoms with Crippen LogP contribution in [0, 0.1) is 6.92 Å². The number of aryl methyl sites for hydroxylation is 1. The molecule has 1 aromatic carbocycles. The molecule has 1 N–H and O–H groups in total. The summed E-state index contributed by atoms with van der Waals surface area (Å²) < 4.78 is 1.28. The van der Waals surface area contributed by atoms with Gasteiger partial charge in [-0.3, -0.25) is 4.57 Å². The van der Waals surface area contributed by atoms with E-state index in [-0.39, 0.29) is 0 Å². The summed E-state index contributed by atoms with van der Waals surface area (Å²) in [6.07, 6.45) is 3.09. The van der Waals surface area contributed by atoms with Crippen molar-refractivity contribution in [3.05, 3.63) is 35.0 Å². The highest BCUT2D eigenvalue weighted by atomic mass is 35.5. The molecule has 1 aliphatic carbocycles. The van der Waals surface area contributed by atoms with E-state index in [0.717, 1.165) is 22.0 Å². The minimum Gasteiger partial charge on any atom is -0.464 e. The first-order valence-electron chi connectivity index (χ1n) is 6.06. The summed E-state index contributed by atoms with van der Waals surface area (Å²) in [6.45, 7) is 1.96. The van der Waals surface area contributed by atoms with Crippen LogP contribution >= 0.6 is 11.6 Å². The number of benzene rings is 1. The Balaban J connectivity index is 2.34. The summed E-state index contributed by atoms with van der Waals surface area (Å²) in [7, 11) is 0. The number of rotatable bonds is 2. The van der Waals surface area contributed by atoms with E-state index < -0.39 is 6.09 Å². The molecule has 0 radical (unpaired) electrons. The first kappa shape index (κ1) is 11.6. The summed E-state index contributed by atoms with van der Waals surface area (Å²) in [5.41, 5.74) is 4.17. The molecular weight excluding hydrogens is 250 g/mol. The summed E-state index contributed by atoms with van der Waals surface area (Å²) in [6, 6.07) is 3.97. The summed E-state index contributed by atoms with van der Waals surface area (Å²) in [5.74, 6) is 1.06. The van der Waals surface area contributed by atoms with Gasteiger partial charge in [-0.25, -0.2) is 4.79 Å². The monoisotopic (exact) mass is 263 g/mol. The molecule has 1 aromatic heterocycles. The molecule has 1 aliphatic rings. The topological polar surface area (TPSA) is 42.2 Å². The minimum atomic E-state index is -0.951. The van der Waals surface area contributed by atoms with Crippen molar-refractivity contribution in [1.29, 1.82) is 0 Å². The van der Waals surface area contributed by atoms with Gasteiger partial charge in [0.05, 0.1) is 5.52 Å². The van der Waals surface area contributed by atoms with Crippen LogP contribution in [-0.2, 0) is 5.88 Å². The van der Waals surface area contributed by atoms with Gasteiger partial charge in [0.25, 0.3) is 0 Å². The second-order valence-electron chi connectivity index (χ2n) is 4.90. The van der Waals surface area contributed by atoms with Gasteiger partial charge in [-0.05, 0) is 48.4 Å². The Hall–Kier alpha value is -1.48. The van der Waals surface area contributed by atoms with Crippen LogP contribution in [0.4, 0.5) is 4.79 Å². The number of carbonyl (C=O) groups is 1. The lowest BCUT2D eigenvalue weighted by Crippen LogP contribution is -2.07. The van der Waals surface area contributed by atoms with Gasteiger partial charge in [-0.2, -0.15) is 0 Å². The van der Waals surface area contributed by atoms with Gasteiger partial charge in [0.1, 0.15) is 0 Å². The summed E-state index contributed by atoms with van der Waals surface area (Å²) >= 11 is 6.07. The fraction of sp³-hybridized carbons (Fsp3) is 0.357. The van der Waals surface area contributed by atoms with E-state index in [2.05, 4.69) is 6.07 Å². The molecule has 0 saturated heterocycles. The average molecular weight is 264 g/mol. The molecule has 3 nitrogen and oxygen atoms in total. The Morgan fingerprint density at radius 3 is 2.83 bits per heavy atom. The second kappa shape index (κ2) is 4.02. The SMILES string of the molecule is Cc1cc(C2CC2)c(CCl)c2ccn(C(=O)O)c12. The van der Waals surface area contributed by atoms with Gasteiger partial charge in [0.2, 0.25) is 0 Å². The predicted octanol–water partition coefficient (Wildman–Crippen LogP) is 4.09. The van der Waals surface area contributed by atoms with Crippen molar-refractivity contribution in [3.8, 4) is 0 Å². The third-order valence-corrected chi connectivity index (χ3v) is 3.93. The Kier molecular flexibility index (Phi) is 2.59. The van der Waals surface area contributed by atoms with Crippen molar-refractivity contribution in [2.45, 2.75) is 31.6 Å². The molecule has 3 rings (SSSR count). The number of halogens is 1. The molecule has 0 unspecified atom stereocenters. The molecule has 0 atom stereocenters. The van der Waals surface area contributed by atoms with Crippen molar-refractivity contribution in [3.63, 3.8) is 0 Å². The number of carboxylic acid groups (broad SMARTS) is 1. The first-order chi connectivity index (χ1) is 8.63. The second-order valence-corrected chi connectivity index (χ2v) is 5.17. The molecule has 1 saturated carbocycles. The fourth-order valence-electron chi connectivity index (χ4n) is 2.69. The van der Waals surface area contributed by atoms with Crippen LogP contribution in [0.3, 0.4) is 0 Å². The Morgan fingerprint density at radius 2 is 2.28 bits per heavy atom. The van der Waals surface area contributed by atoms with Crippen LogP contribution in [0.1, 0.15) is 35.4 Å². The van der Waals surface area contributed by atoms with E-state index in [9.17, 15) is 9.90 Å². The van der Waals surface area contributed by atoms with Gasteiger partial charge < -0.3 is 5.11 Å². The van der Waals surface area contributed by atoms with E-state index >= 15 is 0 Å². The third kappa shape index (κ3) is 1.62. The maximum absolute atomic E-state index is 11.2. The van der Waals surface area contributed by atoms with Gasteiger partial charge in [0.15, 0.2) is 0 Å². The highest BCUT2D eigenvalue weighted by Crippen LogP contribution is 2.44. The van der Waals surface area contributed by atoms with Crippen LogP contribution in [-0.4, -0.2) is 15.8 Å². The smallest absolute Gasteiger partial charge is 0.416 e. The lowest BCUT2D eigenvalue weighted by molar-refractivity contribution is 0.197. The number of aromatic nitrogens is 1.